The van der Waals surface area contributed by atoms with Crippen LogP contribution in [0.25, 0.3) is 0 Å². The molecule has 2 rings (SSSR count). The molecule has 0 bridgehead atoms. The highest BCUT2D eigenvalue weighted by Gasteiger charge is 2.26. The standard InChI is InChI=1S/C15H23BrN2.2ClH/c1-3-12(2)15(18-10-8-17-9-11-18)13-4-6-14(16)7-5-13;;/h4-7,12,15,17H,3,8-11H2,1-2H3;2*1H/t12?,15-;;/m1../s1. The number of hydrogen-bond donors (Lipinski definition) is 1. The second-order valence-corrected chi connectivity index (χ2v) is 6.08. The summed E-state index contributed by atoms with van der Waals surface area (Å²) >= 11 is 3.52. The molecule has 0 aliphatic carbocycles. The molecule has 5 heteroatoms. The predicted molar refractivity (Wildman–Crippen MR) is 95.3 cm³/mol. The third-order valence-corrected chi connectivity index (χ3v) is 4.47. The lowest BCUT2D eigenvalue weighted by atomic mass is 9.90. The van der Waals surface area contributed by atoms with E-state index in [-0.39, 0.29) is 24.8 Å². The van der Waals surface area contributed by atoms with E-state index in [1.165, 1.54) is 12.0 Å². The Balaban J connectivity index is 0.00000180. The fraction of sp³-hybridized carbons (Fsp3) is 0.600. The first-order chi connectivity index (χ1) is 8.72. The second kappa shape index (κ2) is 10.0. The summed E-state index contributed by atoms with van der Waals surface area (Å²) in [5.41, 5.74) is 1.45. The van der Waals surface area contributed by atoms with Crippen LogP contribution < -0.4 is 5.32 Å². The number of piperazine rings is 1. The second-order valence-electron chi connectivity index (χ2n) is 5.17. The van der Waals surface area contributed by atoms with Crippen molar-refractivity contribution < 1.29 is 0 Å². The van der Waals surface area contributed by atoms with Crippen molar-refractivity contribution in [1.82, 2.24) is 10.2 Å². The molecule has 1 heterocycles. The minimum atomic E-state index is 0. The van der Waals surface area contributed by atoms with Crippen LogP contribution in [0.2, 0.25) is 0 Å². The average molecular weight is 384 g/mol. The van der Waals surface area contributed by atoms with Crippen LogP contribution in [0.3, 0.4) is 0 Å². The summed E-state index contributed by atoms with van der Waals surface area (Å²) in [6, 6.07) is 9.41. The maximum absolute atomic E-state index is 3.52. The molecule has 1 unspecified atom stereocenters. The number of rotatable bonds is 4. The van der Waals surface area contributed by atoms with Crippen LogP contribution in [0.15, 0.2) is 28.7 Å². The highest BCUT2D eigenvalue weighted by molar-refractivity contribution is 9.10. The van der Waals surface area contributed by atoms with Crippen LogP contribution in [0.1, 0.15) is 31.9 Å². The first-order valence-corrected chi connectivity index (χ1v) is 7.72. The zero-order valence-corrected chi connectivity index (χ0v) is 15.4. The highest BCUT2D eigenvalue weighted by atomic mass is 79.9. The van der Waals surface area contributed by atoms with Crippen LogP contribution in [0.5, 0.6) is 0 Å². The number of benzene rings is 1. The molecule has 0 spiro atoms. The Morgan fingerprint density at radius 1 is 1.15 bits per heavy atom. The Labute approximate surface area is 143 Å². The van der Waals surface area contributed by atoms with Crippen molar-refractivity contribution in [2.24, 2.45) is 5.92 Å². The zero-order chi connectivity index (χ0) is 13.0. The Morgan fingerprint density at radius 2 is 1.70 bits per heavy atom. The fourth-order valence-corrected chi connectivity index (χ4v) is 3.01. The van der Waals surface area contributed by atoms with E-state index in [0.717, 1.165) is 30.7 Å². The molecule has 2 atom stereocenters. The summed E-state index contributed by atoms with van der Waals surface area (Å²) in [4.78, 5) is 2.63. The van der Waals surface area contributed by atoms with Crippen LogP contribution >= 0.6 is 40.7 Å². The smallest absolute Gasteiger partial charge is 0.0374 e. The molecule has 1 aliphatic rings. The minimum absolute atomic E-state index is 0. The van der Waals surface area contributed by atoms with Crippen molar-refractivity contribution in [3.05, 3.63) is 34.3 Å². The van der Waals surface area contributed by atoms with E-state index in [9.17, 15) is 0 Å². The summed E-state index contributed by atoms with van der Waals surface area (Å²) in [5.74, 6) is 0.698. The van der Waals surface area contributed by atoms with Gasteiger partial charge < -0.3 is 5.32 Å². The van der Waals surface area contributed by atoms with Crippen molar-refractivity contribution in [3.63, 3.8) is 0 Å². The number of nitrogens with one attached hydrogen (secondary N) is 1. The Hall–Kier alpha value is 0.200. The summed E-state index contributed by atoms with van der Waals surface area (Å²) in [6.45, 7) is 9.20. The van der Waals surface area contributed by atoms with Gasteiger partial charge in [-0.05, 0) is 23.6 Å². The predicted octanol–water partition coefficient (Wildman–Crippen LogP) is 4.29. The lowest BCUT2D eigenvalue weighted by molar-refractivity contribution is 0.128. The highest BCUT2D eigenvalue weighted by Crippen LogP contribution is 2.31. The molecular formula is C15H25BrCl2N2. The maximum Gasteiger partial charge on any atom is 0.0374 e. The molecule has 1 saturated heterocycles. The topological polar surface area (TPSA) is 15.3 Å². The molecule has 1 fully saturated rings. The molecular weight excluding hydrogens is 359 g/mol. The van der Waals surface area contributed by atoms with Crippen LogP contribution in [0.4, 0.5) is 0 Å². The van der Waals surface area contributed by atoms with Crippen molar-refractivity contribution in [2.45, 2.75) is 26.3 Å². The minimum Gasteiger partial charge on any atom is -0.314 e. The molecule has 116 valence electrons. The van der Waals surface area contributed by atoms with E-state index in [0.29, 0.717) is 12.0 Å². The summed E-state index contributed by atoms with van der Waals surface area (Å²) in [5, 5.41) is 3.44. The van der Waals surface area contributed by atoms with Gasteiger partial charge in [0.1, 0.15) is 0 Å². The molecule has 1 N–H and O–H groups in total. The van der Waals surface area contributed by atoms with Crippen molar-refractivity contribution in [1.29, 1.82) is 0 Å². The summed E-state index contributed by atoms with van der Waals surface area (Å²) in [6.07, 6.45) is 1.23. The lowest BCUT2D eigenvalue weighted by Crippen LogP contribution is -2.46. The van der Waals surface area contributed by atoms with Gasteiger partial charge in [0.25, 0.3) is 0 Å². The van der Waals surface area contributed by atoms with Gasteiger partial charge in [0.15, 0.2) is 0 Å². The van der Waals surface area contributed by atoms with Crippen molar-refractivity contribution >= 4 is 40.7 Å². The van der Waals surface area contributed by atoms with Crippen molar-refractivity contribution in [3.8, 4) is 0 Å². The van der Waals surface area contributed by atoms with Gasteiger partial charge in [0.2, 0.25) is 0 Å². The van der Waals surface area contributed by atoms with Crippen LogP contribution in [-0.2, 0) is 0 Å². The maximum atomic E-state index is 3.52. The Bertz CT molecular complexity index is 367. The van der Waals surface area contributed by atoms with E-state index < -0.39 is 0 Å². The summed E-state index contributed by atoms with van der Waals surface area (Å²) < 4.78 is 1.16. The van der Waals surface area contributed by atoms with Gasteiger partial charge in [-0.25, -0.2) is 0 Å². The monoisotopic (exact) mass is 382 g/mol. The Kier molecular flexibility index (Phi) is 10.1. The van der Waals surface area contributed by atoms with Gasteiger partial charge in [0, 0.05) is 36.7 Å². The quantitative estimate of drug-likeness (QED) is 0.834. The third-order valence-electron chi connectivity index (χ3n) is 3.94. The van der Waals surface area contributed by atoms with E-state index in [4.69, 9.17) is 0 Å². The number of hydrogen-bond acceptors (Lipinski definition) is 2. The van der Waals surface area contributed by atoms with Gasteiger partial charge >= 0.3 is 0 Å². The van der Waals surface area contributed by atoms with Crippen LogP contribution in [-0.4, -0.2) is 31.1 Å². The molecule has 1 aromatic rings. The molecule has 0 amide bonds. The van der Waals surface area contributed by atoms with Gasteiger partial charge in [-0.15, -0.1) is 24.8 Å². The van der Waals surface area contributed by atoms with Crippen LogP contribution in [0, 0.1) is 5.92 Å². The summed E-state index contributed by atoms with van der Waals surface area (Å²) in [7, 11) is 0. The molecule has 1 aromatic carbocycles. The van der Waals surface area contributed by atoms with Gasteiger partial charge in [-0.3, -0.25) is 4.90 Å². The third kappa shape index (κ3) is 5.19. The first-order valence-electron chi connectivity index (χ1n) is 6.92. The Morgan fingerprint density at radius 3 is 2.20 bits per heavy atom. The fourth-order valence-electron chi connectivity index (χ4n) is 2.74. The van der Waals surface area contributed by atoms with Gasteiger partial charge in [0.05, 0.1) is 0 Å². The van der Waals surface area contributed by atoms with E-state index >= 15 is 0 Å². The zero-order valence-electron chi connectivity index (χ0n) is 12.1. The van der Waals surface area contributed by atoms with Crippen molar-refractivity contribution in [2.75, 3.05) is 26.2 Å². The molecule has 0 saturated carbocycles. The molecule has 1 aliphatic heterocycles. The molecule has 2 nitrogen and oxygen atoms in total. The number of halogens is 3. The van der Waals surface area contributed by atoms with E-state index in [1.54, 1.807) is 0 Å². The molecule has 20 heavy (non-hydrogen) atoms. The average Bonchev–Trinajstić information content (AvgIpc) is 2.42. The first kappa shape index (κ1) is 20.2. The molecule has 0 aromatic heterocycles. The largest absolute Gasteiger partial charge is 0.314 e. The molecule has 0 radical (unpaired) electrons. The van der Waals surface area contributed by atoms with E-state index in [1.807, 2.05) is 0 Å². The normalized spacial score (nSPS) is 18.6. The van der Waals surface area contributed by atoms with E-state index in [2.05, 4.69) is 64.3 Å². The van der Waals surface area contributed by atoms with Gasteiger partial charge in [-0.1, -0.05) is 48.3 Å². The van der Waals surface area contributed by atoms with Gasteiger partial charge in [-0.2, -0.15) is 0 Å². The SMILES string of the molecule is CCC(C)[C@H](c1ccc(Br)cc1)N1CCNCC1.Cl.Cl. The number of nitrogens with zero attached hydrogens (tertiary/aromatic N) is 1. The lowest BCUT2D eigenvalue weighted by Gasteiger charge is -2.38.